The zero-order chi connectivity index (χ0) is 10.3. The van der Waals surface area contributed by atoms with Gasteiger partial charge in [-0.3, -0.25) is 0 Å². The van der Waals surface area contributed by atoms with Crippen molar-refractivity contribution in [3.8, 4) is 17.2 Å². The minimum atomic E-state index is -0.471. The molecule has 4 heteroatoms. The smallest absolute Gasteiger partial charge is 0.200 e. The Morgan fingerprint density at radius 1 is 1.00 bits per heavy atom. The van der Waals surface area contributed by atoms with Crippen molar-refractivity contribution >= 4 is 33.4 Å². The van der Waals surface area contributed by atoms with Gasteiger partial charge in [0.1, 0.15) is 0 Å². The standard InChI is InChI=1S/C10H7IO3/c11-6-3-1-2-5-4-7(12)9(13)10(14)8(5)6/h1-4,12-14H. The number of aromatic hydroxyl groups is 3. The van der Waals surface area contributed by atoms with Crippen LogP contribution in [0.5, 0.6) is 17.2 Å². The molecule has 0 spiro atoms. The summed E-state index contributed by atoms with van der Waals surface area (Å²) in [4.78, 5) is 0. The number of rotatable bonds is 0. The van der Waals surface area contributed by atoms with Gasteiger partial charge in [0.2, 0.25) is 5.75 Å². The molecule has 0 saturated heterocycles. The van der Waals surface area contributed by atoms with Crippen LogP contribution >= 0.6 is 22.6 Å². The second-order valence-corrected chi connectivity index (χ2v) is 4.09. The zero-order valence-electron chi connectivity index (χ0n) is 7.03. The summed E-state index contributed by atoms with van der Waals surface area (Å²) in [6, 6.07) is 6.82. The van der Waals surface area contributed by atoms with Crippen molar-refractivity contribution < 1.29 is 15.3 Å². The third kappa shape index (κ3) is 1.26. The summed E-state index contributed by atoms with van der Waals surface area (Å²) in [6.07, 6.45) is 0. The van der Waals surface area contributed by atoms with Crippen LogP contribution in [0.2, 0.25) is 0 Å². The Labute approximate surface area is 93.8 Å². The molecule has 14 heavy (non-hydrogen) atoms. The summed E-state index contributed by atoms with van der Waals surface area (Å²) in [7, 11) is 0. The van der Waals surface area contributed by atoms with Gasteiger partial charge < -0.3 is 15.3 Å². The number of phenols is 3. The van der Waals surface area contributed by atoms with E-state index in [0.29, 0.717) is 10.8 Å². The van der Waals surface area contributed by atoms with E-state index in [9.17, 15) is 15.3 Å². The van der Waals surface area contributed by atoms with E-state index in [1.165, 1.54) is 6.07 Å². The predicted molar refractivity (Wildman–Crippen MR) is 61.7 cm³/mol. The molecule has 3 N–H and O–H groups in total. The summed E-state index contributed by atoms with van der Waals surface area (Å²) in [5.41, 5.74) is 0. The van der Waals surface area contributed by atoms with E-state index in [1.54, 1.807) is 6.07 Å². The Balaban J connectivity index is 2.99. The van der Waals surface area contributed by atoms with Crippen molar-refractivity contribution in [2.75, 3.05) is 0 Å². The first-order chi connectivity index (χ1) is 6.61. The summed E-state index contributed by atoms with van der Waals surface area (Å²) < 4.78 is 0.827. The number of phenolic OH excluding ortho intramolecular Hbond substituents is 3. The molecule has 0 fully saturated rings. The minimum Gasteiger partial charge on any atom is -0.504 e. The molecule has 0 aromatic heterocycles. The maximum absolute atomic E-state index is 9.61. The molecular formula is C10H7IO3. The third-order valence-corrected chi connectivity index (χ3v) is 2.94. The summed E-state index contributed by atoms with van der Waals surface area (Å²) in [5, 5.41) is 29.5. The van der Waals surface area contributed by atoms with Crippen molar-refractivity contribution in [2.24, 2.45) is 0 Å². The topological polar surface area (TPSA) is 60.7 Å². The Kier molecular flexibility index (Phi) is 2.14. The monoisotopic (exact) mass is 302 g/mol. The average Bonchev–Trinajstić information content (AvgIpc) is 2.14. The molecule has 0 amide bonds. The van der Waals surface area contributed by atoms with Crippen LogP contribution in [-0.4, -0.2) is 15.3 Å². The van der Waals surface area contributed by atoms with Crippen molar-refractivity contribution in [1.29, 1.82) is 0 Å². The number of benzene rings is 2. The molecule has 0 aliphatic heterocycles. The van der Waals surface area contributed by atoms with Crippen LogP contribution in [0.4, 0.5) is 0 Å². The molecule has 72 valence electrons. The molecule has 0 atom stereocenters. The fraction of sp³-hybridized carbons (Fsp3) is 0. The largest absolute Gasteiger partial charge is 0.504 e. The highest BCUT2D eigenvalue weighted by Crippen LogP contribution is 2.42. The Morgan fingerprint density at radius 3 is 2.43 bits per heavy atom. The fourth-order valence-electron chi connectivity index (χ4n) is 1.37. The van der Waals surface area contributed by atoms with E-state index in [-0.39, 0.29) is 11.5 Å². The minimum absolute atomic E-state index is 0.273. The molecule has 0 saturated carbocycles. The summed E-state index contributed by atoms with van der Waals surface area (Å²) in [6.45, 7) is 0. The van der Waals surface area contributed by atoms with Crippen LogP contribution in [0, 0.1) is 3.57 Å². The van der Waals surface area contributed by atoms with Crippen LogP contribution in [0.3, 0.4) is 0 Å². The molecule has 0 heterocycles. The molecule has 0 radical (unpaired) electrons. The van der Waals surface area contributed by atoms with Crippen molar-refractivity contribution in [2.45, 2.75) is 0 Å². The molecule has 0 unspecified atom stereocenters. The van der Waals surface area contributed by atoms with Gasteiger partial charge in [-0.1, -0.05) is 12.1 Å². The van der Waals surface area contributed by atoms with Gasteiger partial charge >= 0.3 is 0 Å². The highest BCUT2D eigenvalue weighted by Gasteiger charge is 2.12. The molecule has 2 aromatic rings. The third-order valence-electron chi connectivity index (χ3n) is 2.04. The van der Waals surface area contributed by atoms with E-state index in [4.69, 9.17) is 0 Å². The quantitative estimate of drug-likeness (QED) is 0.518. The van der Waals surface area contributed by atoms with Crippen molar-refractivity contribution in [1.82, 2.24) is 0 Å². The van der Waals surface area contributed by atoms with E-state index < -0.39 is 5.75 Å². The summed E-state index contributed by atoms with van der Waals surface area (Å²) >= 11 is 2.06. The van der Waals surface area contributed by atoms with Crippen LogP contribution in [-0.2, 0) is 0 Å². The average molecular weight is 302 g/mol. The second-order valence-electron chi connectivity index (χ2n) is 2.93. The van der Waals surface area contributed by atoms with Crippen LogP contribution in [0.1, 0.15) is 0 Å². The van der Waals surface area contributed by atoms with Crippen molar-refractivity contribution in [3.63, 3.8) is 0 Å². The number of halogens is 1. The molecule has 2 rings (SSSR count). The van der Waals surface area contributed by atoms with Crippen molar-refractivity contribution in [3.05, 3.63) is 27.8 Å². The molecule has 0 aliphatic carbocycles. The molecule has 3 nitrogen and oxygen atoms in total. The van der Waals surface area contributed by atoms with Gasteiger partial charge in [-0.25, -0.2) is 0 Å². The Bertz CT molecular complexity index is 508. The maximum Gasteiger partial charge on any atom is 0.200 e. The predicted octanol–water partition coefficient (Wildman–Crippen LogP) is 2.56. The van der Waals surface area contributed by atoms with Gasteiger partial charge in [-0.2, -0.15) is 0 Å². The SMILES string of the molecule is Oc1cc2cccc(I)c2c(O)c1O. The van der Waals surface area contributed by atoms with E-state index in [0.717, 1.165) is 3.57 Å². The molecule has 0 aliphatic rings. The highest BCUT2D eigenvalue weighted by molar-refractivity contribution is 14.1. The molecule has 0 bridgehead atoms. The van der Waals surface area contributed by atoms with E-state index >= 15 is 0 Å². The van der Waals surface area contributed by atoms with Gasteiger partial charge in [-0.05, 0) is 40.1 Å². The van der Waals surface area contributed by atoms with Crippen LogP contribution in [0.15, 0.2) is 24.3 Å². The Hall–Kier alpha value is -1.17. The first-order valence-electron chi connectivity index (χ1n) is 3.93. The van der Waals surface area contributed by atoms with Gasteiger partial charge in [0.15, 0.2) is 11.5 Å². The number of fused-ring (bicyclic) bond motifs is 1. The lowest BCUT2D eigenvalue weighted by atomic mass is 10.1. The summed E-state index contributed by atoms with van der Waals surface area (Å²) in [5.74, 6) is -1.05. The molecule has 2 aromatic carbocycles. The fourth-order valence-corrected chi connectivity index (χ4v) is 2.14. The Morgan fingerprint density at radius 2 is 1.71 bits per heavy atom. The second kappa shape index (κ2) is 3.20. The lowest BCUT2D eigenvalue weighted by molar-refractivity contribution is 0.371. The van der Waals surface area contributed by atoms with E-state index in [1.807, 2.05) is 12.1 Å². The van der Waals surface area contributed by atoms with Gasteiger partial charge in [-0.15, -0.1) is 0 Å². The van der Waals surface area contributed by atoms with E-state index in [2.05, 4.69) is 22.6 Å². The van der Waals surface area contributed by atoms with Gasteiger partial charge in [0.25, 0.3) is 0 Å². The van der Waals surface area contributed by atoms with Gasteiger partial charge in [0, 0.05) is 8.96 Å². The lowest BCUT2D eigenvalue weighted by Crippen LogP contribution is -1.80. The number of hydrogen-bond donors (Lipinski definition) is 3. The highest BCUT2D eigenvalue weighted by atomic mass is 127. The van der Waals surface area contributed by atoms with Gasteiger partial charge in [0.05, 0.1) is 0 Å². The zero-order valence-corrected chi connectivity index (χ0v) is 9.19. The number of hydrogen-bond acceptors (Lipinski definition) is 3. The van der Waals surface area contributed by atoms with Crippen LogP contribution < -0.4 is 0 Å². The molecular weight excluding hydrogens is 295 g/mol. The maximum atomic E-state index is 9.61. The first kappa shape index (κ1) is 9.39. The van der Waals surface area contributed by atoms with Crippen LogP contribution in [0.25, 0.3) is 10.8 Å². The lowest BCUT2D eigenvalue weighted by Gasteiger charge is -2.06. The normalized spacial score (nSPS) is 10.6. The first-order valence-corrected chi connectivity index (χ1v) is 5.01.